The van der Waals surface area contributed by atoms with E-state index in [0.29, 0.717) is 38.8 Å². The van der Waals surface area contributed by atoms with Gasteiger partial charge in [0.1, 0.15) is 5.82 Å². The van der Waals surface area contributed by atoms with Gasteiger partial charge in [-0.05, 0) is 24.6 Å². The number of sulfonamides is 1. The molecular weight excluding hydrogens is 337 g/mol. The van der Waals surface area contributed by atoms with Crippen LogP contribution >= 0.6 is 0 Å². The summed E-state index contributed by atoms with van der Waals surface area (Å²) in [6.45, 7) is 3.78. The summed E-state index contributed by atoms with van der Waals surface area (Å²) in [6, 6.07) is 3.40. The van der Waals surface area contributed by atoms with Crippen LogP contribution < -0.4 is 5.14 Å². The lowest BCUT2D eigenvalue weighted by atomic mass is 10.1. The molecule has 2 aliphatic heterocycles. The first-order valence-corrected chi connectivity index (χ1v) is 9.34. The van der Waals surface area contributed by atoms with Gasteiger partial charge < -0.3 is 9.64 Å². The molecule has 3 rings (SSSR count). The molecule has 7 nitrogen and oxygen atoms in total. The molecule has 0 bridgehead atoms. The predicted molar refractivity (Wildman–Crippen MR) is 84.5 cm³/mol. The predicted octanol–water partition coefficient (Wildman–Crippen LogP) is 0.0198. The summed E-state index contributed by atoms with van der Waals surface area (Å²) in [5, 5.41) is 5.05. The summed E-state index contributed by atoms with van der Waals surface area (Å²) < 4.78 is 42.1. The van der Waals surface area contributed by atoms with Crippen molar-refractivity contribution < 1.29 is 22.3 Å². The summed E-state index contributed by atoms with van der Waals surface area (Å²) in [5.74, 6) is -1.26. The third-order valence-electron chi connectivity index (χ3n) is 4.52. The van der Waals surface area contributed by atoms with Gasteiger partial charge in [-0.1, -0.05) is 0 Å². The number of rotatable bonds is 3. The maximum Gasteiger partial charge on any atom is 0.256 e. The van der Waals surface area contributed by atoms with E-state index >= 15 is 0 Å². The van der Waals surface area contributed by atoms with E-state index < -0.39 is 21.7 Å². The zero-order valence-electron chi connectivity index (χ0n) is 13.2. The van der Waals surface area contributed by atoms with E-state index in [1.807, 2.05) is 0 Å². The number of nitrogens with zero attached hydrogens (tertiary/aromatic N) is 2. The zero-order valence-corrected chi connectivity index (χ0v) is 14.0. The molecule has 1 aromatic rings. The van der Waals surface area contributed by atoms with Gasteiger partial charge in [-0.2, -0.15) is 0 Å². The Balaban J connectivity index is 1.71. The van der Waals surface area contributed by atoms with Crippen molar-refractivity contribution in [3.8, 4) is 0 Å². The Morgan fingerprint density at radius 1 is 1.25 bits per heavy atom. The van der Waals surface area contributed by atoms with Crippen LogP contribution in [0.1, 0.15) is 16.8 Å². The summed E-state index contributed by atoms with van der Waals surface area (Å²) in [4.78, 5) is 16.1. The highest BCUT2D eigenvalue weighted by atomic mass is 32.2. The van der Waals surface area contributed by atoms with Crippen LogP contribution in [0.5, 0.6) is 0 Å². The van der Waals surface area contributed by atoms with Gasteiger partial charge in [0.05, 0.1) is 17.1 Å². The zero-order chi connectivity index (χ0) is 17.3. The smallest absolute Gasteiger partial charge is 0.256 e. The molecule has 0 aromatic heterocycles. The number of nitrogens with two attached hydrogens (primary N) is 1. The van der Waals surface area contributed by atoms with Gasteiger partial charge in [-0.3, -0.25) is 9.69 Å². The molecule has 24 heavy (non-hydrogen) atoms. The first kappa shape index (κ1) is 17.3. The topological polar surface area (TPSA) is 92.9 Å². The Labute approximate surface area is 140 Å². The highest BCUT2D eigenvalue weighted by molar-refractivity contribution is 7.89. The summed E-state index contributed by atoms with van der Waals surface area (Å²) >= 11 is 0. The lowest BCUT2D eigenvalue weighted by molar-refractivity contribution is 0.0545. The SMILES string of the molecule is NS(=O)(=O)c1ccc(F)c(C(=O)N2CCN(C3CCOC3)CC2)c1. The summed E-state index contributed by atoms with van der Waals surface area (Å²) in [5.41, 5.74) is -0.265. The maximum atomic E-state index is 14.0. The van der Waals surface area contributed by atoms with Gasteiger partial charge in [0.2, 0.25) is 10.0 Å². The number of carbonyl (C=O) groups excluding carboxylic acids is 1. The quantitative estimate of drug-likeness (QED) is 0.823. The number of carbonyl (C=O) groups is 1. The number of halogens is 1. The second-order valence-corrected chi connectivity index (χ2v) is 7.59. The molecule has 2 N–H and O–H groups in total. The fourth-order valence-electron chi connectivity index (χ4n) is 3.12. The minimum absolute atomic E-state index is 0.265. The van der Waals surface area contributed by atoms with E-state index in [2.05, 4.69) is 4.90 Å². The molecule has 0 saturated carbocycles. The van der Waals surface area contributed by atoms with Crippen molar-refractivity contribution in [2.45, 2.75) is 17.4 Å². The second-order valence-electron chi connectivity index (χ2n) is 6.03. The van der Waals surface area contributed by atoms with Gasteiger partial charge in [-0.15, -0.1) is 0 Å². The average Bonchev–Trinajstić information content (AvgIpc) is 3.08. The van der Waals surface area contributed by atoms with Crippen LogP contribution in [0.25, 0.3) is 0 Å². The van der Waals surface area contributed by atoms with Crippen molar-refractivity contribution >= 4 is 15.9 Å². The summed E-state index contributed by atoms with van der Waals surface area (Å²) in [6.07, 6.45) is 0.985. The highest BCUT2D eigenvalue weighted by Gasteiger charge is 2.30. The number of primary sulfonamides is 1. The fourth-order valence-corrected chi connectivity index (χ4v) is 3.66. The first-order valence-electron chi connectivity index (χ1n) is 7.79. The number of piperazine rings is 1. The van der Waals surface area contributed by atoms with E-state index in [9.17, 15) is 17.6 Å². The van der Waals surface area contributed by atoms with Crippen LogP contribution in [0.4, 0.5) is 4.39 Å². The van der Waals surface area contributed by atoms with Crippen molar-refractivity contribution in [2.24, 2.45) is 5.14 Å². The van der Waals surface area contributed by atoms with Gasteiger partial charge >= 0.3 is 0 Å². The maximum absolute atomic E-state index is 14.0. The molecule has 1 unspecified atom stereocenters. The number of hydrogen-bond donors (Lipinski definition) is 1. The van der Waals surface area contributed by atoms with Crippen LogP contribution in [0.3, 0.4) is 0 Å². The molecule has 132 valence electrons. The molecule has 0 aliphatic carbocycles. The molecule has 0 spiro atoms. The number of ether oxygens (including phenoxy) is 1. The Morgan fingerprint density at radius 3 is 2.54 bits per heavy atom. The van der Waals surface area contributed by atoms with E-state index in [1.165, 1.54) is 4.90 Å². The minimum Gasteiger partial charge on any atom is -0.380 e. The van der Waals surface area contributed by atoms with E-state index in [0.717, 1.165) is 31.2 Å². The lowest BCUT2D eigenvalue weighted by Crippen LogP contribution is -2.52. The van der Waals surface area contributed by atoms with E-state index in [1.54, 1.807) is 0 Å². The molecule has 0 radical (unpaired) electrons. The standard InChI is InChI=1S/C15H20FN3O4S/c16-14-2-1-12(24(17,21)22)9-13(14)15(20)19-6-4-18(5-7-19)11-3-8-23-10-11/h1-2,9,11H,3-8,10H2,(H2,17,21,22). The van der Waals surface area contributed by atoms with Gasteiger partial charge in [-0.25, -0.2) is 17.9 Å². The molecule has 2 saturated heterocycles. The van der Waals surface area contributed by atoms with Crippen molar-refractivity contribution in [1.29, 1.82) is 0 Å². The van der Waals surface area contributed by atoms with Gasteiger partial charge in [0, 0.05) is 38.8 Å². The van der Waals surface area contributed by atoms with Crippen molar-refractivity contribution in [3.05, 3.63) is 29.6 Å². The van der Waals surface area contributed by atoms with Crippen LogP contribution in [-0.4, -0.2) is 69.6 Å². The van der Waals surface area contributed by atoms with Crippen molar-refractivity contribution in [2.75, 3.05) is 39.4 Å². The Bertz CT molecular complexity index is 726. The summed E-state index contributed by atoms with van der Waals surface area (Å²) in [7, 11) is -3.99. The second kappa shape index (κ2) is 6.75. The number of amides is 1. The Morgan fingerprint density at radius 2 is 1.96 bits per heavy atom. The Hall–Kier alpha value is -1.55. The first-order chi connectivity index (χ1) is 11.4. The molecule has 1 atom stereocenters. The van der Waals surface area contributed by atoms with Crippen LogP contribution in [0.15, 0.2) is 23.1 Å². The largest absolute Gasteiger partial charge is 0.380 e. The van der Waals surface area contributed by atoms with Crippen LogP contribution in [0, 0.1) is 5.82 Å². The number of hydrogen-bond acceptors (Lipinski definition) is 5. The molecule has 1 aromatic carbocycles. The van der Waals surface area contributed by atoms with Gasteiger partial charge in [0.25, 0.3) is 5.91 Å². The highest BCUT2D eigenvalue weighted by Crippen LogP contribution is 2.19. The third-order valence-corrected chi connectivity index (χ3v) is 5.43. The molecule has 2 aliphatic rings. The third kappa shape index (κ3) is 3.59. The van der Waals surface area contributed by atoms with Crippen LogP contribution in [0.2, 0.25) is 0 Å². The molecule has 2 heterocycles. The lowest BCUT2D eigenvalue weighted by Gasteiger charge is -2.37. The Kier molecular flexibility index (Phi) is 4.86. The van der Waals surface area contributed by atoms with Gasteiger partial charge in [0.15, 0.2) is 0 Å². The fraction of sp³-hybridized carbons (Fsp3) is 0.533. The number of benzene rings is 1. The van der Waals surface area contributed by atoms with Crippen molar-refractivity contribution in [1.82, 2.24) is 9.80 Å². The van der Waals surface area contributed by atoms with Crippen molar-refractivity contribution in [3.63, 3.8) is 0 Å². The normalized spacial score (nSPS) is 22.8. The van der Waals surface area contributed by atoms with E-state index in [4.69, 9.17) is 9.88 Å². The van der Waals surface area contributed by atoms with Crippen LogP contribution in [-0.2, 0) is 14.8 Å². The molecule has 9 heteroatoms. The molecular formula is C15H20FN3O4S. The van der Waals surface area contributed by atoms with E-state index in [-0.39, 0.29) is 10.5 Å². The molecule has 1 amide bonds. The monoisotopic (exact) mass is 357 g/mol. The minimum atomic E-state index is -3.99. The molecule has 2 fully saturated rings. The average molecular weight is 357 g/mol.